The zero-order chi connectivity index (χ0) is 25.1. The van der Waals surface area contributed by atoms with Gasteiger partial charge in [0.2, 0.25) is 17.7 Å². The van der Waals surface area contributed by atoms with Gasteiger partial charge in [-0.1, -0.05) is 13.8 Å². The van der Waals surface area contributed by atoms with Crippen LogP contribution < -0.4 is 21.3 Å². The lowest BCUT2D eigenvalue weighted by Crippen LogP contribution is -2.57. The SMILES string of the molecule is CC(C)C[C@H](NC(=O)[C@H](CCC(=O)O)NC(=O)[C@@H]1C[C@@H](O)CN1)C(=O)N[C@@H](CCS)C(=O)O. The van der Waals surface area contributed by atoms with Gasteiger partial charge in [0.15, 0.2) is 0 Å². The van der Waals surface area contributed by atoms with E-state index in [0.29, 0.717) is 0 Å². The van der Waals surface area contributed by atoms with Crippen molar-refractivity contribution in [1.82, 2.24) is 21.3 Å². The van der Waals surface area contributed by atoms with Gasteiger partial charge in [0, 0.05) is 13.0 Å². The number of hydrogen-bond donors (Lipinski definition) is 8. The van der Waals surface area contributed by atoms with Crippen molar-refractivity contribution in [2.45, 2.75) is 76.2 Å². The van der Waals surface area contributed by atoms with Crippen LogP contribution in [0.2, 0.25) is 0 Å². The van der Waals surface area contributed by atoms with Gasteiger partial charge in [-0.15, -0.1) is 0 Å². The Hall–Kier alpha value is -2.38. The second kappa shape index (κ2) is 14.0. The van der Waals surface area contributed by atoms with Crippen molar-refractivity contribution < 1.29 is 39.3 Å². The van der Waals surface area contributed by atoms with E-state index in [4.69, 9.17) is 5.11 Å². The Morgan fingerprint density at radius 2 is 1.58 bits per heavy atom. The van der Waals surface area contributed by atoms with Gasteiger partial charge in [-0.3, -0.25) is 19.2 Å². The van der Waals surface area contributed by atoms with Gasteiger partial charge >= 0.3 is 11.9 Å². The summed E-state index contributed by atoms with van der Waals surface area (Å²) in [6.45, 7) is 3.85. The molecule has 0 aromatic carbocycles. The van der Waals surface area contributed by atoms with E-state index >= 15 is 0 Å². The molecule has 0 aliphatic carbocycles. The van der Waals surface area contributed by atoms with E-state index < -0.39 is 66.4 Å². The van der Waals surface area contributed by atoms with E-state index in [1.807, 2.05) is 13.8 Å². The molecule has 5 atom stereocenters. The molecule has 0 radical (unpaired) electrons. The summed E-state index contributed by atoms with van der Waals surface area (Å²) in [6.07, 6.45) is -0.881. The second-order valence-corrected chi connectivity index (χ2v) is 8.89. The maximum absolute atomic E-state index is 12.9. The standard InChI is InChI=1S/C20H34N4O8S/c1-10(2)7-15(19(30)23-13(5-6-33)20(31)32)24-17(28)12(3-4-16(26)27)22-18(29)14-8-11(25)9-21-14/h10-15,21,25,33H,3-9H2,1-2H3,(H,22,29)(H,23,30)(H,24,28)(H,26,27)(H,31,32)/t11-,12+,13+,14+,15+/m1/s1. The molecule has 0 aromatic rings. The highest BCUT2D eigenvalue weighted by molar-refractivity contribution is 7.80. The van der Waals surface area contributed by atoms with Gasteiger partial charge in [-0.05, 0) is 37.4 Å². The summed E-state index contributed by atoms with van der Waals surface area (Å²) >= 11 is 3.99. The zero-order valence-corrected chi connectivity index (χ0v) is 19.6. The maximum Gasteiger partial charge on any atom is 0.326 e. The lowest BCUT2D eigenvalue weighted by molar-refractivity contribution is -0.142. The van der Waals surface area contributed by atoms with Crippen molar-refractivity contribution in [3.63, 3.8) is 0 Å². The van der Waals surface area contributed by atoms with Crippen LogP contribution in [0.5, 0.6) is 0 Å². The molecule has 7 N–H and O–H groups in total. The highest BCUT2D eigenvalue weighted by Gasteiger charge is 2.33. The van der Waals surface area contributed by atoms with Crippen molar-refractivity contribution in [3.05, 3.63) is 0 Å². The molecule has 12 nitrogen and oxygen atoms in total. The third-order valence-electron chi connectivity index (χ3n) is 5.08. The number of aliphatic carboxylic acids is 2. The fraction of sp³-hybridized carbons (Fsp3) is 0.750. The molecule has 33 heavy (non-hydrogen) atoms. The summed E-state index contributed by atoms with van der Waals surface area (Å²) in [5.74, 6) is -4.23. The van der Waals surface area contributed by atoms with E-state index in [2.05, 4.69) is 33.9 Å². The highest BCUT2D eigenvalue weighted by Crippen LogP contribution is 2.10. The van der Waals surface area contributed by atoms with Crippen LogP contribution in [-0.2, 0) is 24.0 Å². The fourth-order valence-corrected chi connectivity index (χ4v) is 3.62. The number of carbonyl (C=O) groups excluding carboxylic acids is 3. The van der Waals surface area contributed by atoms with Crippen LogP contribution in [0.25, 0.3) is 0 Å². The number of carbonyl (C=O) groups is 5. The highest BCUT2D eigenvalue weighted by atomic mass is 32.1. The molecule has 188 valence electrons. The van der Waals surface area contributed by atoms with Crippen LogP contribution in [0.3, 0.4) is 0 Å². The minimum absolute atomic E-state index is 0.0366. The number of hydrogen-bond acceptors (Lipinski definition) is 8. The normalized spacial score (nSPS) is 20.5. The fourth-order valence-electron chi connectivity index (χ4n) is 3.36. The quantitative estimate of drug-likeness (QED) is 0.133. The number of aliphatic hydroxyl groups excluding tert-OH is 1. The van der Waals surface area contributed by atoms with Crippen LogP contribution in [0, 0.1) is 5.92 Å². The van der Waals surface area contributed by atoms with Crippen LogP contribution in [0.4, 0.5) is 0 Å². The molecule has 3 amide bonds. The van der Waals surface area contributed by atoms with Crippen LogP contribution in [0.1, 0.15) is 46.0 Å². The van der Waals surface area contributed by atoms with E-state index in [1.54, 1.807) is 0 Å². The molecular formula is C20H34N4O8S. The molecule has 0 bridgehead atoms. The summed E-state index contributed by atoms with van der Waals surface area (Å²) in [5, 5.41) is 38.1. The number of thiol groups is 1. The zero-order valence-electron chi connectivity index (χ0n) is 18.7. The van der Waals surface area contributed by atoms with Gasteiger partial charge in [0.25, 0.3) is 0 Å². The van der Waals surface area contributed by atoms with Crippen LogP contribution in [0.15, 0.2) is 0 Å². The Morgan fingerprint density at radius 1 is 0.970 bits per heavy atom. The van der Waals surface area contributed by atoms with Gasteiger partial charge in [0.1, 0.15) is 18.1 Å². The minimum atomic E-state index is -1.23. The maximum atomic E-state index is 12.9. The van der Waals surface area contributed by atoms with E-state index in [-0.39, 0.29) is 43.9 Å². The molecule has 1 aliphatic rings. The second-order valence-electron chi connectivity index (χ2n) is 8.45. The summed E-state index contributed by atoms with van der Waals surface area (Å²) in [7, 11) is 0. The Kier molecular flexibility index (Phi) is 12.2. The van der Waals surface area contributed by atoms with Crippen molar-refractivity contribution in [1.29, 1.82) is 0 Å². The molecular weight excluding hydrogens is 456 g/mol. The van der Waals surface area contributed by atoms with Crippen molar-refractivity contribution in [3.8, 4) is 0 Å². The number of β-amino-alcohol motifs (C(OH)–C–C–N with tert-alkyl or cyclic N) is 1. The monoisotopic (exact) mass is 490 g/mol. The first kappa shape index (κ1) is 28.7. The number of aliphatic hydroxyl groups is 1. The van der Waals surface area contributed by atoms with Gasteiger partial charge in [-0.25, -0.2) is 4.79 Å². The summed E-state index contributed by atoms with van der Waals surface area (Å²) < 4.78 is 0. The predicted octanol–water partition coefficient (Wildman–Crippen LogP) is -1.52. The molecule has 1 aliphatic heterocycles. The van der Waals surface area contributed by atoms with Crippen LogP contribution in [-0.4, -0.2) is 87.5 Å². The van der Waals surface area contributed by atoms with Gasteiger partial charge in [0.05, 0.1) is 12.1 Å². The minimum Gasteiger partial charge on any atom is -0.481 e. The number of rotatable bonds is 14. The smallest absolute Gasteiger partial charge is 0.326 e. The molecule has 13 heteroatoms. The topological polar surface area (TPSA) is 194 Å². The van der Waals surface area contributed by atoms with E-state index in [1.165, 1.54) is 0 Å². The molecule has 1 rings (SSSR count). The molecule has 1 saturated heterocycles. The summed E-state index contributed by atoms with van der Waals surface area (Å²) in [6, 6.07) is -4.23. The Labute approximate surface area is 197 Å². The lowest BCUT2D eigenvalue weighted by Gasteiger charge is -2.26. The molecule has 0 saturated carbocycles. The van der Waals surface area contributed by atoms with E-state index in [0.717, 1.165) is 0 Å². The van der Waals surface area contributed by atoms with Gasteiger partial charge < -0.3 is 36.6 Å². The number of nitrogens with one attached hydrogen (secondary N) is 4. The van der Waals surface area contributed by atoms with Crippen molar-refractivity contribution in [2.75, 3.05) is 12.3 Å². The Balaban J connectivity index is 2.93. The first-order valence-electron chi connectivity index (χ1n) is 10.8. The molecule has 1 fully saturated rings. The molecule has 0 unspecified atom stereocenters. The molecule has 0 aromatic heterocycles. The summed E-state index contributed by atoms with van der Waals surface area (Å²) in [5.41, 5.74) is 0. The largest absolute Gasteiger partial charge is 0.481 e. The predicted molar refractivity (Wildman–Crippen MR) is 121 cm³/mol. The third kappa shape index (κ3) is 10.4. The number of amides is 3. The van der Waals surface area contributed by atoms with Crippen LogP contribution >= 0.6 is 12.6 Å². The third-order valence-corrected chi connectivity index (χ3v) is 5.33. The summed E-state index contributed by atoms with van der Waals surface area (Å²) in [4.78, 5) is 60.5. The molecule has 1 heterocycles. The van der Waals surface area contributed by atoms with Crippen molar-refractivity contribution in [2.24, 2.45) is 5.92 Å². The lowest BCUT2D eigenvalue weighted by atomic mass is 10.0. The Bertz CT molecular complexity index is 720. The van der Waals surface area contributed by atoms with Gasteiger partial charge in [-0.2, -0.15) is 12.6 Å². The van der Waals surface area contributed by atoms with Crippen molar-refractivity contribution >= 4 is 42.3 Å². The molecule has 0 spiro atoms. The first-order chi connectivity index (χ1) is 15.4. The number of carboxylic acid groups (broad SMARTS) is 2. The van der Waals surface area contributed by atoms with E-state index in [9.17, 15) is 34.2 Å². The average molecular weight is 491 g/mol. The first-order valence-corrected chi connectivity index (χ1v) is 11.5. The number of carboxylic acids is 2. The Morgan fingerprint density at radius 3 is 2.06 bits per heavy atom. The average Bonchev–Trinajstić information content (AvgIpc) is 3.15.